The van der Waals surface area contributed by atoms with Crippen molar-refractivity contribution in [2.24, 2.45) is 0 Å². The monoisotopic (exact) mass is 277 g/mol. The molecular formula is C17H15N3O. The molecule has 104 valence electrons. The van der Waals surface area contributed by atoms with Crippen molar-refractivity contribution in [1.29, 1.82) is 5.26 Å². The van der Waals surface area contributed by atoms with Gasteiger partial charge in [-0.3, -0.25) is 0 Å². The number of pyridine rings is 1. The van der Waals surface area contributed by atoms with E-state index in [9.17, 15) is 0 Å². The van der Waals surface area contributed by atoms with Crippen LogP contribution in [0.4, 0.5) is 0 Å². The van der Waals surface area contributed by atoms with Gasteiger partial charge in [-0.1, -0.05) is 0 Å². The first-order valence-corrected chi connectivity index (χ1v) is 6.85. The molecule has 0 aliphatic rings. The lowest BCUT2D eigenvalue weighted by Gasteiger charge is -2.04. The Morgan fingerprint density at radius 1 is 1.19 bits per heavy atom. The lowest BCUT2D eigenvalue weighted by molar-refractivity contribution is 0.340. The van der Waals surface area contributed by atoms with Crippen LogP contribution in [0.15, 0.2) is 42.6 Å². The maximum Gasteiger partial charge on any atom is 0.137 e. The molecule has 0 atom stereocenters. The van der Waals surface area contributed by atoms with Crippen LogP contribution in [0.5, 0.6) is 5.75 Å². The second-order valence-corrected chi connectivity index (χ2v) is 4.76. The first-order chi connectivity index (χ1) is 10.2. The number of hydrogen-bond donors (Lipinski definition) is 0. The summed E-state index contributed by atoms with van der Waals surface area (Å²) in [4.78, 5) is 4.65. The van der Waals surface area contributed by atoms with Gasteiger partial charge in [0.15, 0.2) is 0 Å². The van der Waals surface area contributed by atoms with Gasteiger partial charge in [0, 0.05) is 17.5 Å². The molecule has 0 unspecified atom stereocenters. The van der Waals surface area contributed by atoms with E-state index < -0.39 is 0 Å². The highest BCUT2D eigenvalue weighted by atomic mass is 16.5. The normalized spacial score (nSPS) is 10.5. The zero-order valence-corrected chi connectivity index (χ0v) is 12.0. The highest BCUT2D eigenvalue weighted by Crippen LogP contribution is 2.26. The van der Waals surface area contributed by atoms with Gasteiger partial charge in [-0.15, -0.1) is 0 Å². The average molecular weight is 277 g/mol. The summed E-state index contributed by atoms with van der Waals surface area (Å²) in [7, 11) is 0. The molecule has 0 fully saturated rings. The van der Waals surface area contributed by atoms with E-state index in [0.29, 0.717) is 12.2 Å². The molecule has 0 radical (unpaired) electrons. The van der Waals surface area contributed by atoms with Crippen molar-refractivity contribution in [3.63, 3.8) is 0 Å². The summed E-state index contributed by atoms with van der Waals surface area (Å²) < 4.78 is 7.40. The van der Waals surface area contributed by atoms with Gasteiger partial charge in [-0.2, -0.15) is 5.26 Å². The molecule has 2 heterocycles. The molecule has 3 rings (SSSR count). The van der Waals surface area contributed by atoms with Gasteiger partial charge in [-0.25, -0.2) is 4.98 Å². The Hall–Kier alpha value is -2.80. The smallest absolute Gasteiger partial charge is 0.137 e. The van der Waals surface area contributed by atoms with E-state index in [1.807, 2.05) is 54.8 Å². The molecule has 0 spiro atoms. The molecule has 0 amide bonds. The van der Waals surface area contributed by atoms with Crippen molar-refractivity contribution in [1.82, 2.24) is 9.38 Å². The van der Waals surface area contributed by atoms with Gasteiger partial charge in [0.2, 0.25) is 0 Å². The number of hydrogen-bond acceptors (Lipinski definition) is 3. The van der Waals surface area contributed by atoms with Crippen molar-refractivity contribution in [2.75, 3.05) is 6.61 Å². The number of rotatable bonds is 3. The largest absolute Gasteiger partial charge is 0.494 e. The molecule has 0 bridgehead atoms. The first-order valence-electron chi connectivity index (χ1n) is 6.85. The summed E-state index contributed by atoms with van der Waals surface area (Å²) in [6, 6.07) is 13.7. The quantitative estimate of drug-likeness (QED) is 0.735. The van der Waals surface area contributed by atoms with Crippen molar-refractivity contribution in [3.8, 4) is 23.1 Å². The van der Waals surface area contributed by atoms with E-state index >= 15 is 0 Å². The van der Waals surface area contributed by atoms with Crippen LogP contribution in [0.1, 0.15) is 18.2 Å². The molecule has 1 aromatic carbocycles. The number of aryl methyl sites for hydroxylation is 1. The van der Waals surface area contributed by atoms with Crippen LogP contribution in [-0.2, 0) is 0 Å². The topological polar surface area (TPSA) is 50.3 Å². The predicted molar refractivity (Wildman–Crippen MR) is 81.2 cm³/mol. The molecule has 0 aliphatic carbocycles. The van der Waals surface area contributed by atoms with E-state index in [1.54, 1.807) is 6.07 Å². The Bertz CT molecular complexity index is 826. The van der Waals surface area contributed by atoms with E-state index in [-0.39, 0.29) is 0 Å². The van der Waals surface area contributed by atoms with Gasteiger partial charge in [0.05, 0.1) is 17.9 Å². The number of aromatic nitrogens is 2. The van der Waals surface area contributed by atoms with Gasteiger partial charge >= 0.3 is 0 Å². The summed E-state index contributed by atoms with van der Waals surface area (Å²) in [5.41, 5.74) is 4.45. The zero-order chi connectivity index (χ0) is 14.8. The van der Waals surface area contributed by atoms with Gasteiger partial charge in [0.25, 0.3) is 0 Å². The molecule has 0 saturated heterocycles. The number of nitrogens with zero attached hydrogens (tertiary/aromatic N) is 3. The molecular weight excluding hydrogens is 262 g/mol. The van der Waals surface area contributed by atoms with Crippen LogP contribution in [0.25, 0.3) is 16.9 Å². The Morgan fingerprint density at radius 3 is 2.62 bits per heavy atom. The Kier molecular flexibility index (Phi) is 3.33. The zero-order valence-electron chi connectivity index (χ0n) is 12.0. The number of fused-ring (bicyclic) bond motifs is 1. The fourth-order valence-electron chi connectivity index (χ4n) is 2.38. The molecule has 21 heavy (non-hydrogen) atoms. The van der Waals surface area contributed by atoms with E-state index in [2.05, 4.69) is 11.1 Å². The minimum atomic E-state index is 0.626. The summed E-state index contributed by atoms with van der Waals surface area (Å²) in [6.07, 6.45) is 1.82. The van der Waals surface area contributed by atoms with Crippen LogP contribution in [0.2, 0.25) is 0 Å². The fraction of sp³-hybridized carbons (Fsp3) is 0.176. The average Bonchev–Trinajstić information content (AvgIpc) is 2.85. The SMILES string of the molecule is CCOc1ccc(-c2nc3ccc(C#N)cn3c2C)cc1. The van der Waals surface area contributed by atoms with Crippen molar-refractivity contribution < 1.29 is 4.74 Å². The van der Waals surface area contributed by atoms with Crippen molar-refractivity contribution >= 4 is 5.65 Å². The number of benzene rings is 1. The molecule has 0 N–H and O–H groups in total. The van der Waals surface area contributed by atoms with Crippen LogP contribution in [0.3, 0.4) is 0 Å². The molecule has 0 saturated carbocycles. The van der Waals surface area contributed by atoms with E-state index in [1.165, 1.54) is 0 Å². The standard InChI is InChI=1S/C17H15N3O/c1-3-21-15-7-5-14(6-8-15)17-12(2)20-11-13(10-18)4-9-16(20)19-17/h4-9,11H,3H2,1-2H3. The van der Waals surface area contributed by atoms with E-state index in [4.69, 9.17) is 10.00 Å². The number of nitriles is 1. The van der Waals surface area contributed by atoms with Crippen molar-refractivity contribution in [3.05, 3.63) is 53.9 Å². The van der Waals surface area contributed by atoms with Crippen molar-refractivity contribution in [2.45, 2.75) is 13.8 Å². The minimum Gasteiger partial charge on any atom is -0.494 e. The maximum absolute atomic E-state index is 9.00. The molecule has 0 aliphatic heterocycles. The predicted octanol–water partition coefficient (Wildman–Crippen LogP) is 3.58. The third kappa shape index (κ3) is 2.34. The van der Waals surface area contributed by atoms with E-state index in [0.717, 1.165) is 28.3 Å². The first kappa shape index (κ1) is 13.2. The highest BCUT2D eigenvalue weighted by molar-refractivity contribution is 5.67. The Morgan fingerprint density at radius 2 is 1.95 bits per heavy atom. The summed E-state index contributed by atoms with van der Waals surface area (Å²) in [5.74, 6) is 0.856. The van der Waals surface area contributed by atoms with Gasteiger partial charge in [0.1, 0.15) is 17.5 Å². The summed E-state index contributed by atoms with van der Waals surface area (Å²) in [6.45, 7) is 4.63. The second-order valence-electron chi connectivity index (χ2n) is 4.76. The minimum absolute atomic E-state index is 0.626. The lowest BCUT2D eigenvalue weighted by Crippen LogP contribution is -1.91. The molecule has 3 aromatic rings. The number of ether oxygens (including phenoxy) is 1. The van der Waals surface area contributed by atoms with Crippen LogP contribution in [-0.4, -0.2) is 16.0 Å². The third-order valence-electron chi connectivity index (χ3n) is 3.43. The highest BCUT2D eigenvalue weighted by Gasteiger charge is 2.10. The lowest BCUT2D eigenvalue weighted by atomic mass is 10.1. The van der Waals surface area contributed by atoms with Crippen LogP contribution < -0.4 is 4.74 Å². The molecule has 4 heteroatoms. The van der Waals surface area contributed by atoms with Gasteiger partial charge in [-0.05, 0) is 50.2 Å². The molecule has 4 nitrogen and oxygen atoms in total. The Labute approximate surface area is 123 Å². The van der Waals surface area contributed by atoms with Crippen LogP contribution >= 0.6 is 0 Å². The second kappa shape index (κ2) is 5.29. The van der Waals surface area contributed by atoms with Gasteiger partial charge < -0.3 is 9.14 Å². The van der Waals surface area contributed by atoms with Crippen LogP contribution in [0, 0.1) is 18.3 Å². The Balaban J connectivity index is 2.08. The third-order valence-corrected chi connectivity index (χ3v) is 3.43. The summed E-state index contributed by atoms with van der Waals surface area (Å²) >= 11 is 0. The number of imidazole rings is 1. The molecule has 2 aromatic heterocycles. The maximum atomic E-state index is 9.00. The summed E-state index contributed by atoms with van der Waals surface area (Å²) in [5, 5.41) is 9.00. The fourth-order valence-corrected chi connectivity index (χ4v) is 2.38.